The second-order valence-electron chi connectivity index (χ2n) is 9.53. The lowest BCUT2D eigenvalue weighted by molar-refractivity contribution is -0.123. The van der Waals surface area contributed by atoms with Crippen molar-refractivity contribution in [2.24, 2.45) is 23.7 Å². The summed E-state index contributed by atoms with van der Waals surface area (Å²) in [5, 5.41) is 0. The number of carbonyl (C=O) groups excluding carboxylic acids is 4. The quantitative estimate of drug-likeness (QED) is 0.299. The first-order chi connectivity index (χ1) is 17.5. The number of nitrogens with zero attached hydrogens (tertiary/aromatic N) is 1. The molecule has 2 amide bonds. The normalized spacial score (nSPS) is 24.1. The van der Waals surface area contributed by atoms with Gasteiger partial charge in [-0.25, -0.2) is 9.59 Å². The van der Waals surface area contributed by atoms with Gasteiger partial charge in [-0.3, -0.25) is 14.5 Å². The Morgan fingerprint density at radius 3 is 1.97 bits per heavy atom. The van der Waals surface area contributed by atoms with Crippen LogP contribution in [-0.4, -0.2) is 23.8 Å². The van der Waals surface area contributed by atoms with Gasteiger partial charge in [0.05, 0.1) is 23.1 Å². The highest BCUT2D eigenvalue weighted by Gasteiger charge is 2.61. The van der Waals surface area contributed by atoms with Crippen molar-refractivity contribution in [2.75, 3.05) is 4.90 Å². The lowest BCUT2D eigenvalue weighted by Crippen LogP contribution is -2.32. The van der Waals surface area contributed by atoms with Crippen LogP contribution in [0.15, 0.2) is 78.9 Å². The molecular weight excluding hydrogens is 458 g/mol. The number of hydrogen-bond acceptors (Lipinski definition) is 6. The highest BCUT2D eigenvalue weighted by atomic mass is 16.5. The van der Waals surface area contributed by atoms with E-state index in [9.17, 15) is 19.2 Å². The number of esters is 2. The minimum atomic E-state index is -0.671. The second-order valence-corrected chi connectivity index (χ2v) is 9.53. The molecule has 0 N–H and O–H groups in total. The first kappa shape index (κ1) is 22.2. The zero-order chi connectivity index (χ0) is 24.8. The average Bonchev–Trinajstić information content (AvgIpc) is 3.58. The third kappa shape index (κ3) is 3.68. The lowest BCUT2D eigenvalue weighted by atomic mass is 9.81. The van der Waals surface area contributed by atoms with Crippen LogP contribution < -0.4 is 14.4 Å². The van der Waals surface area contributed by atoms with Crippen LogP contribution in [0.1, 0.15) is 40.0 Å². The Morgan fingerprint density at radius 2 is 1.31 bits per heavy atom. The van der Waals surface area contributed by atoms with Crippen LogP contribution in [0.5, 0.6) is 11.5 Å². The zero-order valence-electron chi connectivity index (χ0n) is 19.3. The van der Waals surface area contributed by atoms with E-state index < -0.39 is 11.9 Å². The van der Waals surface area contributed by atoms with Crippen LogP contribution in [0.25, 0.3) is 0 Å². The highest BCUT2D eigenvalue weighted by molar-refractivity contribution is 6.22. The van der Waals surface area contributed by atoms with E-state index in [0.717, 1.165) is 19.3 Å². The zero-order valence-corrected chi connectivity index (χ0v) is 19.3. The molecule has 1 saturated heterocycles. The summed E-state index contributed by atoms with van der Waals surface area (Å²) in [7, 11) is 0. The fourth-order valence-electron chi connectivity index (χ4n) is 5.94. The summed E-state index contributed by atoms with van der Waals surface area (Å²) in [5.41, 5.74) is 0.798. The van der Waals surface area contributed by atoms with Gasteiger partial charge >= 0.3 is 11.9 Å². The van der Waals surface area contributed by atoms with Gasteiger partial charge in [-0.1, -0.05) is 30.3 Å². The van der Waals surface area contributed by atoms with E-state index >= 15 is 0 Å². The van der Waals surface area contributed by atoms with E-state index in [2.05, 4.69) is 0 Å². The molecule has 180 valence electrons. The number of para-hydroxylation sites is 2. The Kier molecular flexibility index (Phi) is 5.40. The summed E-state index contributed by atoms with van der Waals surface area (Å²) in [6.45, 7) is 0. The molecule has 0 radical (unpaired) electrons. The number of rotatable bonds is 5. The molecule has 3 aromatic rings. The number of carbonyl (C=O) groups is 4. The molecule has 36 heavy (non-hydrogen) atoms. The maximum absolute atomic E-state index is 13.0. The topological polar surface area (TPSA) is 90.0 Å². The molecule has 4 atom stereocenters. The van der Waals surface area contributed by atoms with E-state index in [1.165, 1.54) is 29.2 Å². The van der Waals surface area contributed by atoms with Gasteiger partial charge in [-0.2, -0.15) is 0 Å². The molecule has 3 aliphatic rings. The maximum atomic E-state index is 13.0. The van der Waals surface area contributed by atoms with Crippen molar-refractivity contribution in [3.63, 3.8) is 0 Å². The van der Waals surface area contributed by atoms with Gasteiger partial charge < -0.3 is 9.47 Å². The first-order valence-electron chi connectivity index (χ1n) is 12.1. The fourth-order valence-corrected chi connectivity index (χ4v) is 5.94. The second kappa shape index (κ2) is 8.75. The first-order valence-corrected chi connectivity index (χ1v) is 12.1. The molecule has 0 aromatic heterocycles. The Balaban J connectivity index is 1.17. The number of hydrogen-bond donors (Lipinski definition) is 0. The summed E-state index contributed by atoms with van der Waals surface area (Å²) < 4.78 is 10.9. The van der Waals surface area contributed by atoms with E-state index in [-0.39, 0.29) is 40.5 Å². The van der Waals surface area contributed by atoms with Crippen LogP contribution in [0, 0.1) is 23.7 Å². The molecule has 2 aliphatic carbocycles. The van der Waals surface area contributed by atoms with Gasteiger partial charge in [0.1, 0.15) is 17.1 Å². The van der Waals surface area contributed by atoms with Crippen LogP contribution in [0.3, 0.4) is 0 Å². The maximum Gasteiger partial charge on any atom is 0.347 e. The van der Waals surface area contributed by atoms with Gasteiger partial charge in [0.15, 0.2) is 0 Å². The fraction of sp³-hybridized carbons (Fsp3) is 0.241. The summed E-state index contributed by atoms with van der Waals surface area (Å²) >= 11 is 0. The highest BCUT2D eigenvalue weighted by Crippen LogP contribution is 2.56. The summed E-state index contributed by atoms with van der Waals surface area (Å²) in [6.07, 6.45) is 3.01. The Labute approximate surface area is 207 Å². The molecule has 0 spiro atoms. The van der Waals surface area contributed by atoms with Crippen molar-refractivity contribution in [1.29, 1.82) is 0 Å². The smallest absolute Gasteiger partial charge is 0.347 e. The Morgan fingerprint density at radius 1 is 0.694 bits per heavy atom. The molecule has 3 fully saturated rings. The molecule has 0 unspecified atom stereocenters. The number of anilines is 1. The Bertz CT molecular complexity index is 1340. The number of amides is 2. The third-order valence-electron chi connectivity index (χ3n) is 7.55. The van der Waals surface area contributed by atoms with Crippen molar-refractivity contribution in [2.45, 2.75) is 19.3 Å². The average molecular weight is 482 g/mol. The summed E-state index contributed by atoms with van der Waals surface area (Å²) in [6, 6.07) is 21.2. The molecule has 2 bridgehead atoms. The van der Waals surface area contributed by atoms with Gasteiger partial charge in [-0.15, -0.1) is 0 Å². The minimum Gasteiger partial charge on any atom is -0.423 e. The van der Waals surface area contributed by atoms with Crippen LogP contribution in [-0.2, 0) is 9.59 Å². The van der Waals surface area contributed by atoms with Crippen molar-refractivity contribution in [3.8, 4) is 11.5 Å². The van der Waals surface area contributed by atoms with Crippen molar-refractivity contribution >= 4 is 29.4 Å². The van der Waals surface area contributed by atoms with Crippen molar-refractivity contribution in [3.05, 3.63) is 90.0 Å². The molecule has 2 saturated carbocycles. The lowest BCUT2D eigenvalue weighted by Gasteiger charge is -2.19. The van der Waals surface area contributed by atoms with Gasteiger partial charge in [0.25, 0.3) is 0 Å². The van der Waals surface area contributed by atoms with Gasteiger partial charge in [-0.05, 0) is 79.6 Å². The van der Waals surface area contributed by atoms with Crippen molar-refractivity contribution < 1.29 is 28.7 Å². The van der Waals surface area contributed by atoms with E-state index in [1.807, 2.05) is 6.07 Å². The molecule has 7 heteroatoms. The predicted molar refractivity (Wildman–Crippen MR) is 130 cm³/mol. The Hall–Kier alpha value is -4.26. The molecular formula is C29H23NO6. The van der Waals surface area contributed by atoms with Crippen LogP contribution in [0.2, 0.25) is 0 Å². The van der Waals surface area contributed by atoms with Crippen molar-refractivity contribution in [1.82, 2.24) is 0 Å². The number of ether oxygens (including phenoxy) is 2. The van der Waals surface area contributed by atoms with E-state index in [4.69, 9.17) is 9.47 Å². The standard InChI is InChI=1S/C29H23NO6/c31-26-24-18-10-11-19(16-18)25(24)27(32)30(26)20-14-12-17(13-15-20)28(33)36-23-9-5-4-8-22(23)29(34)35-21-6-2-1-3-7-21/h1-9,12-15,18-19,24-25H,10-11,16H2/t18-,19-,24-,25-/m0/s1. The third-order valence-corrected chi connectivity index (χ3v) is 7.55. The van der Waals surface area contributed by atoms with Gasteiger partial charge in [0.2, 0.25) is 11.8 Å². The molecule has 6 rings (SSSR count). The number of benzene rings is 3. The van der Waals surface area contributed by atoms with Gasteiger partial charge in [0, 0.05) is 0 Å². The number of imide groups is 1. The van der Waals surface area contributed by atoms with E-state index in [1.54, 1.807) is 48.5 Å². The molecule has 7 nitrogen and oxygen atoms in total. The molecule has 1 heterocycles. The number of fused-ring (bicyclic) bond motifs is 5. The van der Waals surface area contributed by atoms with Crippen LogP contribution >= 0.6 is 0 Å². The molecule has 3 aromatic carbocycles. The SMILES string of the molecule is O=C(Oc1ccccc1C(=O)Oc1ccccc1)c1ccc(N2C(=O)[C@H]3[C@H]4CC[C@@H](C4)[C@@H]3C2=O)cc1. The van der Waals surface area contributed by atoms with E-state index in [0.29, 0.717) is 23.3 Å². The minimum absolute atomic E-state index is 0.0701. The monoisotopic (exact) mass is 481 g/mol. The predicted octanol–water partition coefficient (Wildman–Crippen LogP) is 4.66. The summed E-state index contributed by atoms with van der Waals surface area (Å²) in [5.74, 6) is -0.907. The van der Waals surface area contributed by atoms with Crippen LogP contribution in [0.4, 0.5) is 5.69 Å². The summed E-state index contributed by atoms with van der Waals surface area (Å²) in [4.78, 5) is 52.9. The largest absolute Gasteiger partial charge is 0.423 e. The molecule has 1 aliphatic heterocycles.